The van der Waals surface area contributed by atoms with Gasteiger partial charge in [0.25, 0.3) is 5.91 Å². The number of rotatable bonds is 6. The predicted octanol–water partition coefficient (Wildman–Crippen LogP) is 3.42. The number of anilines is 1. The van der Waals surface area contributed by atoms with Gasteiger partial charge in [-0.15, -0.1) is 0 Å². The number of pyridine rings is 1. The Labute approximate surface area is 181 Å². The van der Waals surface area contributed by atoms with Crippen LogP contribution in [0.1, 0.15) is 28.5 Å². The van der Waals surface area contributed by atoms with E-state index >= 15 is 0 Å². The van der Waals surface area contributed by atoms with Crippen LogP contribution in [0.2, 0.25) is 0 Å². The second-order valence-electron chi connectivity index (χ2n) is 7.50. The van der Waals surface area contributed by atoms with E-state index in [-0.39, 0.29) is 6.61 Å². The molecule has 0 atom stereocenters. The molecule has 7 nitrogen and oxygen atoms in total. The van der Waals surface area contributed by atoms with Crippen LogP contribution in [0.25, 0.3) is 10.9 Å². The molecule has 0 aliphatic carbocycles. The number of aromatic nitrogens is 1. The van der Waals surface area contributed by atoms with Crippen LogP contribution in [0, 0.1) is 0 Å². The number of likely N-dealkylation sites (N-methyl/N-ethyl adjacent to an activating group) is 1. The Balaban J connectivity index is 1.49. The molecular weight excluding hydrogens is 394 g/mol. The molecule has 0 unspecified atom stereocenters. The van der Waals surface area contributed by atoms with Crippen molar-refractivity contribution in [3.8, 4) is 5.75 Å². The fourth-order valence-electron chi connectivity index (χ4n) is 3.76. The zero-order valence-corrected chi connectivity index (χ0v) is 17.7. The number of amides is 1. The smallest absolute Gasteiger partial charge is 0.339 e. The van der Waals surface area contributed by atoms with Crippen molar-refractivity contribution < 1.29 is 19.1 Å². The van der Waals surface area contributed by atoms with Crippen LogP contribution < -0.4 is 10.1 Å². The number of nitrogens with one attached hydrogen (secondary N) is 1. The third-order valence-electron chi connectivity index (χ3n) is 5.22. The van der Waals surface area contributed by atoms with Crippen molar-refractivity contribution in [3.63, 3.8) is 0 Å². The lowest BCUT2D eigenvalue weighted by molar-refractivity contribution is -0.119. The lowest BCUT2D eigenvalue weighted by Gasteiger charge is -2.26. The predicted molar refractivity (Wildman–Crippen MR) is 118 cm³/mol. The lowest BCUT2D eigenvalue weighted by Crippen LogP contribution is -2.30. The number of nitrogens with zero attached hydrogens (tertiary/aromatic N) is 2. The summed E-state index contributed by atoms with van der Waals surface area (Å²) >= 11 is 0. The summed E-state index contributed by atoms with van der Waals surface area (Å²) in [6.45, 7) is 3.62. The molecule has 7 heteroatoms. The van der Waals surface area contributed by atoms with Gasteiger partial charge in [-0.2, -0.15) is 0 Å². The fraction of sp³-hybridized carbons (Fsp3) is 0.292. The first kappa shape index (κ1) is 20.8. The minimum Gasteiger partial charge on any atom is -0.494 e. The zero-order chi connectivity index (χ0) is 21.8. The molecule has 0 radical (unpaired) electrons. The number of hydrogen-bond acceptors (Lipinski definition) is 6. The lowest BCUT2D eigenvalue weighted by atomic mass is 9.96. The van der Waals surface area contributed by atoms with Crippen molar-refractivity contribution >= 4 is 28.5 Å². The van der Waals surface area contributed by atoms with Gasteiger partial charge in [-0.1, -0.05) is 18.2 Å². The van der Waals surface area contributed by atoms with Crippen molar-refractivity contribution in [1.82, 2.24) is 9.88 Å². The molecule has 1 N–H and O–H groups in total. The van der Waals surface area contributed by atoms with Crippen LogP contribution in [0.15, 0.2) is 48.5 Å². The van der Waals surface area contributed by atoms with Crippen LogP contribution in [0.5, 0.6) is 5.75 Å². The van der Waals surface area contributed by atoms with E-state index in [2.05, 4.69) is 10.2 Å². The fourth-order valence-corrected chi connectivity index (χ4v) is 3.76. The topological polar surface area (TPSA) is 80.8 Å². The van der Waals surface area contributed by atoms with Crippen molar-refractivity contribution in [2.45, 2.75) is 19.9 Å². The highest BCUT2D eigenvalue weighted by Gasteiger charge is 2.25. The average molecular weight is 419 g/mol. The van der Waals surface area contributed by atoms with Gasteiger partial charge in [0.2, 0.25) is 0 Å². The average Bonchev–Trinajstić information content (AvgIpc) is 2.77. The first-order valence-electron chi connectivity index (χ1n) is 10.3. The first-order chi connectivity index (χ1) is 15.0. The van der Waals surface area contributed by atoms with E-state index < -0.39 is 11.9 Å². The second-order valence-corrected chi connectivity index (χ2v) is 7.50. The van der Waals surface area contributed by atoms with E-state index in [4.69, 9.17) is 14.5 Å². The van der Waals surface area contributed by atoms with Gasteiger partial charge in [-0.05, 0) is 44.3 Å². The van der Waals surface area contributed by atoms with E-state index in [1.54, 1.807) is 24.3 Å². The van der Waals surface area contributed by atoms with Crippen LogP contribution in [0.3, 0.4) is 0 Å². The number of carbonyl (C=O) groups excluding carboxylic acids is 2. The van der Waals surface area contributed by atoms with Crippen molar-refractivity contribution in [3.05, 3.63) is 65.4 Å². The number of para-hydroxylation sites is 1. The summed E-state index contributed by atoms with van der Waals surface area (Å²) in [5.41, 5.74) is 3.67. The van der Waals surface area contributed by atoms with Gasteiger partial charge in [-0.25, -0.2) is 4.79 Å². The van der Waals surface area contributed by atoms with E-state index in [1.165, 1.54) is 0 Å². The van der Waals surface area contributed by atoms with Gasteiger partial charge in [-0.3, -0.25) is 9.78 Å². The highest BCUT2D eigenvalue weighted by Crippen LogP contribution is 2.28. The van der Waals surface area contributed by atoms with E-state index in [0.717, 1.165) is 40.9 Å². The molecule has 0 fully saturated rings. The number of ether oxygens (including phenoxy) is 2. The van der Waals surface area contributed by atoms with Crippen LogP contribution in [0.4, 0.5) is 5.69 Å². The van der Waals surface area contributed by atoms with Crippen molar-refractivity contribution in [1.29, 1.82) is 0 Å². The Hall–Kier alpha value is -3.45. The maximum Gasteiger partial charge on any atom is 0.339 e. The highest BCUT2D eigenvalue weighted by molar-refractivity contribution is 6.06. The summed E-state index contributed by atoms with van der Waals surface area (Å²) in [5, 5.41) is 3.48. The molecule has 2 heterocycles. The molecule has 2 aromatic carbocycles. The van der Waals surface area contributed by atoms with E-state index in [1.807, 2.05) is 38.2 Å². The Morgan fingerprint density at radius 1 is 1.13 bits per heavy atom. The summed E-state index contributed by atoms with van der Waals surface area (Å²) in [6.07, 6.45) is 0.773. The largest absolute Gasteiger partial charge is 0.494 e. The number of hydrogen-bond donors (Lipinski definition) is 1. The molecule has 3 aromatic rings. The number of fused-ring (bicyclic) bond motifs is 2. The molecule has 0 saturated heterocycles. The summed E-state index contributed by atoms with van der Waals surface area (Å²) in [5.74, 6) is -0.180. The van der Waals surface area contributed by atoms with Gasteiger partial charge < -0.3 is 19.7 Å². The van der Waals surface area contributed by atoms with Crippen molar-refractivity contribution in [2.24, 2.45) is 0 Å². The maximum atomic E-state index is 13.0. The summed E-state index contributed by atoms with van der Waals surface area (Å²) in [4.78, 5) is 32.3. The first-order valence-corrected chi connectivity index (χ1v) is 10.3. The van der Waals surface area contributed by atoms with E-state index in [9.17, 15) is 9.59 Å². The molecule has 0 bridgehead atoms. The quantitative estimate of drug-likeness (QED) is 0.617. The van der Waals surface area contributed by atoms with Crippen LogP contribution in [-0.2, 0) is 22.5 Å². The summed E-state index contributed by atoms with van der Waals surface area (Å²) < 4.78 is 10.8. The van der Waals surface area contributed by atoms with Gasteiger partial charge >= 0.3 is 5.97 Å². The minimum absolute atomic E-state index is 0.368. The van der Waals surface area contributed by atoms with Gasteiger partial charge in [0.1, 0.15) is 5.75 Å². The highest BCUT2D eigenvalue weighted by atomic mass is 16.5. The van der Waals surface area contributed by atoms with Crippen molar-refractivity contribution in [2.75, 3.05) is 32.1 Å². The second kappa shape index (κ2) is 9.14. The van der Waals surface area contributed by atoms with Gasteiger partial charge in [0.15, 0.2) is 6.61 Å². The Bertz CT molecular complexity index is 1110. The third kappa shape index (κ3) is 4.67. The monoisotopic (exact) mass is 419 g/mol. The number of benzene rings is 2. The maximum absolute atomic E-state index is 13.0. The molecular formula is C24H25N3O4. The summed E-state index contributed by atoms with van der Waals surface area (Å²) in [7, 11) is 2.01. The molecule has 4 rings (SSSR count). The Kier molecular flexibility index (Phi) is 6.13. The standard InChI is InChI=1S/C24H25N3O4/c1-3-30-17-10-8-16(9-11-17)25-22(28)15-31-24(29)23-18-6-4-5-7-20(18)26-21-12-13-27(2)14-19(21)23/h4-11H,3,12-15H2,1-2H3,(H,25,28). The normalized spacial score (nSPS) is 13.5. The van der Waals surface area contributed by atoms with Crippen LogP contribution >= 0.6 is 0 Å². The molecule has 160 valence electrons. The minimum atomic E-state index is -0.507. The molecule has 0 saturated carbocycles. The third-order valence-corrected chi connectivity index (χ3v) is 5.22. The SMILES string of the molecule is CCOc1ccc(NC(=O)COC(=O)c2c3c(nc4ccccc24)CCN(C)C3)cc1. The number of carbonyl (C=O) groups is 2. The molecule has 1 amide bonds. The van der Waals surface area contributed by atoms with E-state index in [0.29, 0.717) is 24.4 Å². The Morgan fingerprint density at radius 3 is 2.68 bits per heavy atom. The molecule has 0 spiro atoms. The summed E-state index contributed by atoms with van der Waals surface area (Å²) in [6, 6.07) is 14.6. The molecule has 1 aliphatic heterocycles. The van der Waals surface area contributed by atoms with Gasteiger partial charge in [0.05, 0.1) is 17.7 Å². The molecule has 31 heavy (non-hydrogen) atoms. The van der Waals surface area contributed by atoms with Crippen LogP contribution in [-0.4, -0.2) is 48.6 Å². The number of esters is 1. The Morgan fingerprint density at radius 2 is 1.90 bits per heavy atom. The zero-order valence-electron chi connectivity index (χ0n) is 17.7. The molecule has 1 aliphatic rings. The van der Waals surface area contributed by atoms with Gasteiger partial charge in [0, 0.05) is 41.8 Å². The molecule has 1 aromatic heterocycles.